The smallest absolute Gasteiger partial charge is 0.136 e. The third kappa shape index (κ3) is 1.97. The molecule has 0 bridgehead atoms. The molecule has 0 amide bonds. The number of hydrogen-bond donors (Lipinski definition) is 0. The van der Waals surface area contributed by atoms with E-state index in [1.54, 1.807) is 12.4 Å². The van der Waals surface area contributed by atoms with Gasteiger partial charge >= 0.3 is 0 Å². The van der Waals surface area contributed by atoms with Gasteiger partial charge in [0.05, 0.1) is 5.69 Å². The third-order valence-corrected chi connectivity index (χ3v) is 2.52. The molecule has 2 rings (SSSR count). The van der Waals surface area contributed by atoms with Crippen LogP contribution >= 0.6 is 11.6 Å². The SMILES string of the molecule is Cc1nc(Cl)c(C)c(-c2ccncc2)n1. The van der Waals surface area contributed by atoms with Gasteiger partial charge in [0.1, 0.15) is 11.0 Å². The van der Waals surface area contributed by atoms with E-state index in [1.807, 2.05) is 26.0 Å². The number of aromatic nitrogens is 3. The summed E-state index contributed by atoms with van der Waals surface area (Å²) in [5.74, 6) is 0.678. The molecule has 0 aromatic carbocycles. The van der Waals surface area contributed by atoms with Crippen LogP contribution in [0.15, 0.2) is 24.5 Å². The highest BCUT2D eigenvalue weighted by Gasteiger charge is 2.08. The molecule has 0 spiro atoms. The Kier molecular flexibility index (Phi) is 2.64. The fourth-order valence-corrected chi connectivity index (χ4v) is 1.60. The number of aryl methyl sites for hydroxylation is 1. The molecule has 2 aromatic rings. The first kappa shape index (κ1) is 10.1. The van der Waals surface area contributed by atoms with E-state index in [9.17, 15) is 0 Å². The van der Waals surface area contributed by atoms with Crippen molar-refractivity contribution < 1.29 is 0 Å². The summed E-state index contributed by atoms with van der Waals surface area (Å²) in [6.07, 6.45) is 3.47. The predicted molar refractivity (Wildman–Crippen MR) is 59.7 cm³/mol. The van der Waals surface area contributed by atoms with Gasteiger partial charge in [0.15, 0.2) is 0 Å². The lowest BCUT2D eigenvalue weighted by Gasteiger charge is -2.06. The van der Waals surface area contributed by atoms with E-state index in [-0.39, 0.29) is 0 Å². The molecule has 0 fully saturated rings. The maximum atomic E-state index is 6.00. The van der Waals surface area contributed by atoms with Crippen LogP contribution in [-0.2, 0) is 0 Å². The highest BCUT2D eigenvalue weighted by molar-refractivity contribution is 6.30. The standard InChI is InChI=1S/C11H10ClN3/c1-7-10(9-3-5-13-6-4-9)14-8(2)15-11(7)12/h3-6H,1-2H3. The summed E-state index contributed by atoms with van der Waals surface area (Å²) in [5, 5.41) is 0.509. The van der Waals surface area contributed by atoms with Gasteiger partial charge in [-0.15, -0.1) is 0 Å². The highest BCUT2D eigenvalue weighted by atomic mass is 35.5. The van der Waals surface area contributed by atoms with Crippen LogP contribution in [0.1, 0.15) is 11.4 Å². The van der Waals surface area contributed by atoms with Crippen molar-refractivity contribution in [3.05, 3.63) is 41.1 Å². The lowest BCUT2D eigenvalue weighted by Crippen LogP contribution is -1.96. The van der Waals surface area contributed by atoms with Crippen LogP contribution in [0.3, 0.4) is 0 Å². The fraction of sp³-hybridized carbons (Fsp3) is 0.182. The summed E-state index contributed by atoms with van der Waals surface area (Å²) in [5.41, 5.74) is 2.78. The van der Waals surface area contributed by atoms with Crippen molar-refractivity contribution in [2.45, 2.75) is 13.8 Å². The minimum absolute atomic E-state index is 0.509. The van der Waals surface area contributed by atoms with Gasteiger partial charge in [0.25, 0.3) is 0 Å². The lowest BCUT2D eigenvalue weighted by atomic mass is 10.1. The van der Waals surface area contributed by atoms with E-state index in [1.165, 1.54) is 0 Å². The molecule has 0 atom stereocenters. The van der Waals surface area contributed by atoms with Gasteiger partial charge in [-0.2, -0.15) is 0 Å². The summed E-state index contributed by atoms with van der Waals surface area (Å²) in [7, 11) is 0. The topological polar surface area (TPSA) is 38.7 Å². The van der Waals surface area contributed by atoms with Crippen molar-refractivity contribution in [1.82, 2.24) is 15.0 Å². The van der Waals surface area contributed by atoms with Gasteiger partial charge in [-0.05, 0) is 26.0 Å². The number of rotatable bonds is 1. The lowest BCUT2D eigenvalue weighted by molar-refractivity contribution is 1.04. The van der Waals surface area contributed by atoms with Gasteiger partial charge in [-0.25, -0.2) is 9.97 Å². The second-order valence-electron chi connectivity index (χ2n) is 3.27. The van der Waals surface area contributed by atoms with Crippen molar-refractivity contribution in [2.24, 2.45) is 0 Å². The summed E-state index contributed by atoms with van der Waals surface area (Å²) in [6, 6.07) is 3.82. The van der Waals surface area contributed by atoms with E-state index in [2.05, 4.69) is 15.0 Å². The second kappa shape index (κ2) is 3.95. The molecule has 4 heteroatoms. The molecule has 0 radical (unpaired) electrons. The molecule has 3 nitrogen and oxygen atoms in total. The highest BCUT2D eigenvalue weighted by Crippen LogP contribution is 2.24. The molecule has 2 aromatic heterocycles. The fourth-order valence-electron chi connectivity index (χ4n) is 1.39. The Hall–Kier alpha value is -1.48. The van der Waals surface area contributed by atoms with Gasteiger partial charge < -0.3 is 0 Å². The first-order valence-electron chi connectivity index (χ1n) is 4.59. The first-order chi connectivity index (χ1) is 7.18. The van der Waals surface area contributed by atoms with Crippen LogP contribution < -0.4 is 0 Å². The molecule has 0 aliphatic heterocycles. The monoisotopic (exact) mass is 219 g/mol. The minimum Gasteiger partial charge on any atom is -0.265 e. The summed E-state index contributed by atoms with van der Waals surface area (Å²) in [6.45, 7) is 3.74. The van der Waals surface area contributed by atoms with E-state index in [0.29, 0.717) is 11.0 Å². The molecule has 0 aliphatic carbocycles. The Labute approximate surface area is 93.2 Å². The number of pyridine rings is 1. The zero-order valence-electron chi connectivity index (χ0n) is 8.53. The molecule has 0 saturated heterocycles. The average Bonchev–Trinajstić information content (AvgIpc) is 2.24. The molecule has 0 N–H and O–H groups in total. The Bertz CT molecular complexity index is 483. The Balaban J connectivity index is 2.63. The Morgan fingerprint density at radius 3 is 2.40 bits per heavy atom. The zero-order chi connectivity index (χ0) is 10.8. The summed E-state index contributed by atoms with van der Waals surface area (Å²) < 4.78 is 0. The molecule has 76 valence electrons. The molecule has 0 unspecified atom stereocenters. The van der Waals surface area contributed by atoms with Crippen molar-refractivity contribution in [1.29, 1.82) is 0 Å². The van der Waals surface area contributed by atoms with Crippen LogP contribution in [0.2, 0.25) is 5.15 Å². The molecule has 2 heterocycles. The summed E-state index contributed by atoms with van der Waals surface area (Å²) >= 11 is 6.00. The number of nitrogens with zero attached hydrogens (tertiary/aromatic N) is 3. The second-order valence-corrected chi connectivity index (χ2v) is 3.63. The van der Waals surface area contributed by atoms with Crippen LogP contribution in [0.4, 0.5) is 0 Å². The maximum absolute atomic E-state index is 6.00. The van der Waals surface area contributed by atoms with Crippen LogP contribution in [0.25, 0.3) is 11.3 Å². The Morgan fingerprint density at radius 2 is 1.73 bits per heavy atom. The molecular weight excluding hydrogens is 210 g/mol. The largest absolute Gasteiger partial charge is 0.265 e. The van der Waals surface area contributed by atoms with Crippen molar-refractivity contribution in [2.75, 3.05) is 0 Å². The van der Waals surface area contributed by atoms with Crippen LogP contribution in [0, 0.1) is 13.8 Å². The molecule has 0 saturated carbocycles. The van der Waals surface area contributed by atoms with Gasteiger partial charge in [0.2, 0.25) is 0 Å². The summed E-state index contributed by atoms with van der Waals surface area (Å²) in [4.78, 5) is 12.4. The average molecular weight is 220 g/mol. The predicted octanol–water partition coefficient (Wildman–Crippen LogP) is 2.81. The first-order valence-corrected chi connectivity index (χ1v) is 4.97. The number of hydrogen-bond acceptors (Lipinski definition) is 3. The quantitative estimate of drug-likeness (QED) is 0.693. The van der Waals surface area contributed by atoms with E-state index >= 15 is 0 Å². The zero-order valence-corrected chi connectivity index (χ0v) is 9.28. The molecular formula is C11H10ClN3. The van der Waals surface area contributed by atoms with Crippen LogP contribution in [0.5, 0.6) is 0 Å². The third-order valence-electron chi connectivity index (χ3n) is 2.15. The molecule has 15 heavy (non-hydrogen) atoms. The molecule has 0 aliphatic rings. The van der Waals surface area contributed by atoms with Gasteiger partial charge in [0, 0.05) is 23.5 Å². The number of halogens is 1. The van der Waals surface area contributed by atoms with Crippen molar-refractivity contribution >= 4 is 11.6 Å². The van der Waals surface area contributed by atoms with Crippen LogP contribution in [-0.4, -0.2) is 15.0 Å². The maximum Gasteiger partial charge on any atom is 0.136 e. The normalized spacial score (nSPS) is 10.3. The Morgan fingerprint density at radius 1 is 1.07 bits per heavy atom. The van der Waals surface area contributed by atoms with Gasteiger partial charge in [-0.3, -0.25) is 4.98 Å². The van der Waals surface area contributed by atoms with E-state index in [4.69, 9.17) is 11.6 Å². The minimum atomic E-state index is 0.509. The van der Waals surface area contributed by atoms with Crippen molar-refractivity contribution in [3.8, 4) is 11.3 Å². The van der Waals surface area contributed by atoms with E-state index in [0.717, 1.165) is 16.8 Å². The van der Waals surface area contributed by atoms with E-state index < -0.39 is 0 Å². The van der Waals surface area contributed by atoms with Gasteiger partial charge in [-0.1, -0.05) is 11.6 Å². The van der Waals surface area contributed by atoms with Crippen molar-refractivity contribution in [3.63, 3.8) is 0 Å².